The highest BCUT2D eigenvalue weighted by molar-refractivity contribution is 8.35. The second-order valence-corrected chi connectivity index (χ2v) is 15.4. The first-order valence-corrected chi connectivity index (χ1v) is 14.3. The number of aromatic nitrogens is 1. The highest BCUT2D eigenvalue weighted by atomic mass is 32.3. The van der Waals surface area contributed by atoms with Crippen molar-refractivity contribution in [2.45, 2.75) is 37.3 Å². The Morgan fingerprint density at radius 3 is 2.23 bits per heavy atom. The molecule has 31 heavy (non-hydrogen) atoms. The van der Waals surface area contributed by atoms with Crippen LogP contribution in [0.4, 0.5) is 0 Å². The number of hydrogen-bond donors (Lipinski definition) is 0. The molecule has 0 spiro atoms. The largest absolute Gasteiger partial charge is 0.497 e. The molecule has 0 fully saturated rings. The van der Waals surface area contributed by atoms with Crippen molar-refractivity contribution in [2.24, 2.45) is 3.77 Å². The first kappa shape index (κ1) is 23.4. The second kappa shape index (κ2) is 8.71. The average molecular weight is 461 g/mol. The van der Waals surface area contributed by atoms with Crippen molar-refractivity contribution >= 4 is 30.8 Å². The molecule has 3 rings (SSSR count). The molecule has 0 saturated heterocycles. The van der Waals surface area contributed by atoms with E-state index in [0.717, 1.165) is 21.5 Å². The number of methoxy groups -OCH3 is 1. The van der Waals surface area contributed by atoms with E-state index in [1.807, 2.05) is 55.5 Å². The normalized spacial score (nSPS) is 14.7. The molecular weight excluding hydrogens is 428 g/mol. The lowest BCUT2D eigenvalue weighted by Crippen LogP contribution is -2.23. The summed E-state index contributed by atoms with van der Waals surface area (Å²) in [7, 11) is -2.27. The number of rotatable bonds is 6. The first-order chi connectivity index (χ1) is 14.5. The quantitative estimate of drug-likeness (QED) is 0.413. The number of nitrogens with zero attached hydrogens (tertiary/aromatic N) is 2. The predicted molar refractivity (Wildman–Crippen MR) is 133 cm³/mol. The summed E-state index contributed by atoms with van der Waals surface area (Å²) < 4.78 is 30.0. The summed E-state index contributed by atoms with van der Waals surface area (Å²) >= 11 is 0. The van der Waals surface area contributed by atoms with Crippen LogP contribution in [0, 0.1) is 0 Å². The smallest absolute Gasteiger partial charge is 0.138 e. The lowest BCUT2D eigenvalue weighted by molar-refractivity contribution is 0.415. The van der Waals surface area contributed by atoms with Gasteiger partial charge in [-0.15, -0.1) is 10.2 Å². The van der Waals surface area contributed by atoms with Crippen LogP contribution in [-0.2, 0) is 9.73 Å². The average Bonchev–Trinajstić information content (AvgIpc) is 2.72. The second-order valence-electron chi connectivity index (χ2n) is 8.65. The fourth-order valence-corrected chi connectivity index (χ4v) is 7.80. The van der Waals surface area contributed by atoms with Crippen molar-refractivity contribution in [1.29, 1.82) is 0 Å². The zero-order valence-electron chi connectivity index (χ0n) is 19.3. The molecule has 5 nitrogen and oxygen atoms in total. The number of hydrogen-bond acceptors (Lipinski definition) is 5. The van der Waals surface area contributed by atoms with Crippen molar-refractivity contribution in [3.05, 3.63) is 54.7 Å². The monoisotopic (exact) mass is 460 g/mol. The van der Waals surface area contributed by atoms with Gasteiger partial charge in [-0.3, -0.25) is 4.98 Å². The van der Waals surface area contributed by atoms with E-state index in [2.05, 4.69) is 38.3 Å². The number of fused-ring (bicyclic) bond motifs is 1. The summed E-state index contributed by atoms with van der Waals surface area (Å²) in [5, 5.41) is 0.898. The molecule has 0 amide bonds. The van der Waals surface area contributed by atoms with Crippen LogP contribution in [0.2, 0.25) is 0 Å². The zero-order chi connectivity index (χ0) is 22.9. The van der Waals surface area contributed by atoms with E-state index in [4.69, 9.17) is 13.2 Å². The van der Waals surface area contributed by atoms with Gasteiger partial charge in [-0.2, -0.15) is 3.77 Å². The Labute approximate surface area is 187 Å². The van der Waals surface area contributed by atoms with E-state index in [1.54, 1.807) is 13.3 Å². The van der Waals surface area contributed by atoms with Gasteiger partial charge in [0.1, 0.15) is 17.2 Å². The fourth-order valence-electron chi connectivity index (χ4n) is 2.84. The Morgan fingerprint density at radius 1 is 1.00 bits per heavy atom. The standard InChI is InChI=1S/C24H32N2O3S2/c1-8-31(27,26-30(6,7)24(2,3)4)20-12-9-18(10-13-20)29-23-15-16-25-22-17-19(28-5)11-14-21(22)23/h9-17H,8H2,1-7H3. The van der Waals surface area contributed by atoms with Crippen LogP contribution in [0.1, 0.15) is 27.7 Å². The molecule has 0 bridgehead atoms. The molecule has 0 N–H and O–H groups in total. The summed E-state index contributed by atoms with van der Waals surface area (Å²) in [4.78, 5) is 5.14. The third-order valence-electron chi connectivity index (χ3n) is 5.53. The summed E-state index contributed by atoms with van der Waals surface area (Å²) in [5.41, 5.74) is 0.800. The minimum atomic E-state index is -2.50. The number of benzene rings is 2. The molecule has 3 aromatic rings. The van der Waals surface area contributed by atoms with E-state index in [-0.39, 0.29) is 4.75 Å². The molecule has 1 aromatic heterocycles. The van der Waals surface area contributed by atoms with Gasteiger partial charge in [-0.05, 0) is 55.0 Å². The predicted octanol–water partition coefficient (Wildman–Crippen LogP) is 6.66. The summed E-state index contributed by atoms with van der Waals surface area (Å²) in [6.45, 7) is 8.42. The molecule has 0 aliphatic heterocycles. The van der Waals surface area contributed by atoms with Gasteiger partial charge in [0.25, 0.3) is 0 Å². The minimum Gasteiger partial charge on any atom is -0.497 e. The highest BCUT2D eigenvalue weighted by Crippen LogP contribution is 2.55. The van der Waals surface area contributed by atoms with Gasteiger partial charge in [0.05, 0.1) is 22.4 Å². The van der Waals surface area contributed by atoms with Gasteiger partial charge in [-0.1, -0.05) is 27.7 Å². The summed E-state index contributed by atoms with van der Waals surface area (Å²) in [6, 6.07) is 15.0. The van der Waals surface area contributed by atoms with Crippen LogP contribution in [0.15, 0.2) is 63.4 Å². The number of pyridine rings is 1. The fraction of sp³-hybridized carbons (Fsp3) is 0.375. The van der Waals surface area contributed by atoms with E-state index in [0.29, 0.717) is 17.3 Å². The third-order valence-corrected chi connectivity index (χ3v) is 12.8. The molecule has 1 heterocycles. The van der Waals surface area contributed by atoms with Crippen LogP contribution in [0.3, 0.4) is 0 Å². The molecule has 0 saturated carbocycles. The summed E-state index contributed by atoms with van der Waals surface area (Å²) in [6.07, 6.45) is 5.97. The van der Waals surface area contributed by atoms with Gasteiger partial charge < -0.3 is 9.47 Å². The van der Waals surface area contributed by atoms with Crippen LogP contribution in [0.5, 0.6) is 17.2 Å². The number of ether oxygens (including phenoxy) is 2. The van der Waals surface area contributed by atoms with Crippen molar-refractivity contribution in [3.63, 3.8) is 0 Å². The van der Waals surface area contributed by atoms with Crippen LogP contribution in [-0.4, -0.2) is 39.3 Å². The molecule has 7 heteroatoms. The Morgan fingerprint density at radius 2 is 1.65 bits per heavy atom. The Bertz CT molecular complexity index is 1190. The highest BCUT2D eigenvalue weighted by Gasteiger charge is 2.29. The Hall–Kier alpha value is -2.25. The third kappa shape index (κ3) is 4.99. The van der Waals surface area contributed by atoms with Gasteiger partial charge in [0.15, 0.2) is 0 Å². The van der Waals surface area contributed by atoms with Gasteiger partial charge in [-0.25, -0.2) is 4.21 Å². The lowest BCUT2D eigenvalue weighted by atomic mass is 10.2. The van der Waals surface area contributed by atoms with Crippen molar-refractivity contribution in [2.75, 3.05) is 25.4 Å². The molecule has 2 aromatic carbocycles. The maximum Gasteiger partial charge on any atom is 0.138 e. The zero-order valence-corrected chi connectivity index (χ0v) is 21.0. The summed E-state index contributed by atoms with van der Waals surface area (Å²) in [5.74, 6) is 2.61. The van der Waals surface area contributed by atoms with Crippen LogP contribution in [0.25, 0.3) is 10.9 Å². The Kier molecular flexibility index (Phi) is 6.58. The molecule has 1 atom stereocenters. The van der Waals surface area contributed by atoms with Crippen molar-refractivity contribution in [3.8, 4) is 17.2 Å². The molecule has 1 unspecified atom stereocenters. The van der Waals surface area contributed by atoms with Crippen LogP contribution < -0.4 is 9.47 Å². The molecule has 0 radical (unpaired) electrons. The molecule has 0 aliphatic rings. The van der Waals surface area contributed by atoms with E-state index in [1.165, 1.54) is 0 Å². The minimum absolute atomic E-state index is 0.0149. The van der Waals surface area contributed by atoms with E-state index < -0.39 is 19.9 Å². The van der Waals surface area contributed by atoms with Crippen molar-refractivity contribution in [1.82, 2.24) is 4.98 Å². The lowest BCUT2D eigenvalue weighted by Gasteiger charge is -2.40. The molecular formula is C24H32N2O3S2. The van der Waals surface area contributed by atoms with E-state index in [9.17, 15) is 4.21 Å². The van der Waals surface area contributed by atoms with Gasteiger partial charge in [0, 0.05) is 33.0 Å². The van der Waals surface area contributed by atoms with Crippen LogP contribution >= 0.6 is 10.2 Å². The van der Waals surface area contributed by atoms with Crippen molar-refractivity contribution < 1.29 is 13.7 Å². The molecule has 168 valence electrons. The SMILES string of the molecule is CCS(=O)(=NS(C)(C)C(C)(C)C)c1ccc(Oc2ccnc3cc(OC)ccc23)cc1. The van der Waals surface area contributed by atoms with E-state index >= 15 is 0 Å². The molecule has 0 aliphatic carbocycles. The topological polar surface area (TPSA) is 60.8 Å². The first-order valence-electron chi connectivity index (χ1n) is 10.2. The van der Waals surface area contributed by atoms with Gasteiger partial charge in [0.2, 0.25) is 0 Å². The van der Waals surface area contributed by atoms with Gasteiger partial charge >= 0.3 is 0 Å². The maximum atomic E-state index is 13.7. The Balaban J connectivity index is 1.93. The maximum absolute atomic E-state index is 13.7.